The number of hydrogen-bond acceptors (Lipinski definition) is 4. The lowest BCUT2D eigenvalue weighted by Gasteiger charge is -2.28. The number of nitrogens with two attached hydrogens (primary N) is 1. The van der Waals surface area contributed by atoms with Crippen LogP contribution >= 0.6 is 0 Å². The van der Waals surface area contributed by atoms with Crippen molar-refractivity contribution in [2.24, 2.45) is 17.6 Å². The largest absolute Gasteiger partial charge is 0.497 e. The Hall–Kier alpha value is -2.08. The summed E-state index contributed by atoms with van der Waals surface area (Å²) in [5.74, 6) is 0.905. The molecule has 0 aliphatic carbocycles. The lowest BCUT2D eigenvalue weighted by atomic mass is 9.92. The Bertz CT molecular complexity index is 616. The Morgan fingerprint density at radius 2 is 2.04 bits per heavy atom. The van der Waals surface area contributed by atoms with E-state index in [1.165, 1.54) is 0 Å². The van der Waals surface area contributed by atoms with Crippen molar-refractivity contribution in [2.75, 3.05) is 33.8 Å². The van der Waals surface area contributed by atoms with Gasteiger partial charge >= 0.3 is 0 Å². The van der Waals surface area contributed by atoms with Crippen LogP contribution in [0.3, 0.4) is 0 Å². The van der Waals surface area contributed by atoms with E-state index in [2.05, 4.69) is 0 Å². The molecular formula is C18H25N3O3. The molecule has 1 aromatic rings. The van der Waals surface area contributed by atoms with Crippen LogP contribution in [0.4, 0.5) is 0 Å². The molecule has 2 aliphatic heterocycles. The van der Waals surface area contributed by atoms with Gasteiger partial charge < -0.3 is 20.3 Å². The van der Waals surface area contributed by atoms with Crippen molar-refractivity contribution < 1.29 is 14.3 Å². The van der Waals surface area contributed by atoms with Gasteiger partial charge in [-0.2, -0.15) is 0 Å². The van der Waals surface area contributed by atoms with Gasteiger partial charge in [0.25, 0.3) is 0 Å². The second-order valence-electron chi connectivity index (χ2n) is 6.71. The van der Waals surface area contributed by atoms with Gasteiger partial charge in [-0.3, -0.25) is 9.59 Å². The third-order valence-corrected chi connectivity index (χ3v) is 5.29. The average Bonchev–Trinajstić information content (AvgIpc) is 3.20. The molecular weight excluding hydrogens is 306 g/mol. The molecule has 130 valence electrons. The van der Waals surface area contributed by atoms with Gasteiger partial charge in [-0.1, -0.05) is 12.1 Å². The van der Waals surface area contributed by atoms with E-state index in [-0.39, 0.29) is 30.2 Å². The molecule has 24 heavy (non-hydrogen) atoms. The van der Waals surface area contributed by atoms with E-state index in [0.717, 1.165) is 24.3 Å². The molecule has 6 heteroatoms. The fourth-order valence-electron chi connectivity index (χ4n) is 3.81. The zero-order chi connectivity index (χ0) is 17.3. The van der Waals surface area contributed by atoms with Gasteiger partial charge in [0.2, 0.25) is 11.8 Å². The van der Waals surface area contributed by atoms with Crippen LogP contribution in [0.15, 0.2) is 24.3 Å². The van der Waals surface area contributed by atoms with Crippen LogP contribution in [0.1, 0.15) is 24.4 Å². The molecule has 0 unspecified atom stereocenters. The third kappa shape index (κ3) is 2.98. The molecule has 0 saturated carbocycles. The number of benzene rings is 1. The highest BCUT2D eigenvalue weighted by Gasteiger charge is 2.45. The topological polar surface area (TPSA) is 75.9 Å². The normalized spacial score (nSPS) is 27.0. The van der Waals surface area contributed by atoms with Crippen LogP contribution in [0.5, 0.6) is 5.75 Å². The van der Waals surface area contributed by atoms with Crippen molar-refractivity contribution in [3.63, 3.8) is 0 Å². The molecule has 2 amide bonds. The van der Waals surface area contributed by atoms with E-state index in [1.807, 2.05) is 29.2 Å². The molecule has 3 rings (SSSR count). The van der Waals surface area contributed by atoms with Crippen LogP contribution in [0.25, 0.3) is 0 Å². The number of likely N-dealkylation sites (tertiary alicyclic amines) is 2. The third-order valence-electron chi connectivity index (χ3n) is 5.29. The monoisotopic (exact) mass is 331 g/mol. The number of carbonyl (C=O) groups is 2. The van der Waals surface area contributed by atoms with Crippen molar-refractivity contribution in [3.05, 3.63) is 29.8 Å². The summed E-state index contributed by atoms with van der Waals surface area (Å²) < 4.78 is 5.19. The second kappa shape index (κ2) is 6.81. The number of nitrogens with zero attached hydrogens (tertiary/aromatic N) is 2. The summed E-state index contributed by atoms with van der Waals surface area (Å²) in [4.78, 5) is 28.8. The molecule has 2 aliphatic rings. The highest BCUT2D eigenvalue weighted by Crippen LogP contribution is 2.39. The van der Waals surface area contributed by atoms with Gasteiger partial charge in [-0.05, 0) is 36.6 Å². The number of carbonyl (C=O) groups excluding carboxylic acids is 2. The van der Waals surface area contributed by atoms with E-state index in [9.17, 15) is 9.59 Å². The van der Waals surface area contributed by atoms with E-state index < -0.39 is 0 Å². The lowest BCUT2D eigenvalue weighted by molar-refractivity contribution is -0.135. The second-order valence-corrected chi connectivity index (χ2v) is 6.71. The molecule has 0 aromatic heterocycles. The molecule has 3 atom stereocenters. The molecule has 6 nitrogen and oxygen atoms in total. The van der Waals surface area contributed by atoms with Gasteiger partial charge in [0.15, 0.2) is 0 Å². The predicted molar refractivity (Wildman–Crippen MR) is 90.4 cm³/mol. The highest BCUT2D eigenvalue weighted by molar-refractivity contribution is 5.90. The first kappa shape index (κ1) is 16.8. The quantitative estimate of drug-likeness (QED) is 0.894. The van der Waals surface area contributed by atoms with Gasteiger partial charge in [0, 0.05) is 26.6 Å². The summed E-state index contributed by atoms with van der Waals surface area (Å²) in [6.45, 7) is 2.05. The van der Waals surface area contributed by atoms with Crippen LogP contribution in [0.2, 0.25) is 0 Å². The Balaban J connectivity index is 1.82. The number of amides is 2. The SMILES string of the molecule is COc1ccc([C@@H]2[C@@H](C(=O)N3CC[C@H](CN)C3)CC(=O)N2C)cc1. The smallest absolute Gasteiger partial charge is 0.228 e. The minimum absolute atomic E-state index is 0.0174. The fraction of sp³-hybridized carbons (Fsp3) is 0.556. The average molecular weight is 331 g/mol. The van der Waals surface area contributed by atoms with Crippen LogP contribution in [-0.4, -0.2) is 55.4 Å². The summed E-state index contributed by atoms with van der Waals surface area (Å²) in [6.07, 6.45) is 1.22. The van der Waals surface area contributed by atoms with E-state index in [0.29, 0.717) is 19.0 Å². The standard InChI is InChI=1S/C18H25N3O3/c1-20-16(22)9-15(18(23)21-8-7-12(10-19)11-21)17(20)13-3-5-14(24-2)6-4-13/h3-6,12,15,17H,7-11,19H2,1-2H3/t12-,15+,17-/m1/s1. The van der Waals surface area contributed by atoms with Crippen molar-refractivity contribution in [3.8, 4) is 5.75 Å². The number of rotatable bonds is 4. The first-order chi connectivity index (χ1) is 11.5. The highest BCUT2D eigenvalue weighted by atomic mass is 16.5. The maximum absolute atomic E-state index is 13.0. The molecule has 0 spiro atoms. The minimum atomic E-state index is -0.326. The molecule has 2 heterocycles. The molecule has 0 bridgehead atoms. The van der Waals surface area contributed by atoms with Gasteiger partial charge in [0.05, 0.1) is 19.1 Å². The van der Waals surface area contributed by atoms with E-state index in [4.69, 9.17) is 10.5 Å². The summed E-state index contributed by atoms with van der Waals surface area (Å²) in [5, 5.41) is 0. The van der Waals surface area contributed by atoms with Crippen LogP contribution < -0.4 is 10.5 Å². The summed E-state index contributed by atoms with van der Waals surface area (Å²) >= 11 is 0. The fourth-order valence-corrected chi connectivity index (χ4v) is 3.81. The zero-order valence-corrected chi connectivity index (χ0v) is 14.3. The Kier molecular flexibility index (Phi) is 4.76. The lowest BCUT2D eigenvalue weighted by Crippen LogP contribution is -2.37. The molecule has 2 fully saturated rings. The molecule has 2 saturated heterocycles. The maximum atomic E-state index is 13.0. The van der Waals surface area contributed by atoms with Crippen LogP contribution in [-0.2, 0) is 9.59 Å². The Morgan fingerprint density at radius 1 is 1.33 bits per heavy atom. The molecule has 2 N–H and O–H groups in total. The van der Waals surface area contributed by atoms with Crippen LogP contribution in [0, 0.1) is 11.8 Å². The molecule has 0 radical (unpaired) electrons. The van der Waals surface area contributed by atoms with Crippen molar-refractivity contribution in [1.29, 1.82) is 0 Å². The number of methoxy groups -OCH3 is 1. The first-order valence-corrected chi connectivity index (χ1v) is 8.43. The van der Waals surface area contributed by atoms with Gasteiger partial charge in [0.1, 0.15) is 5.75 Å². The Labute approximate surface area is 142 Å². The first-order valence-electron chi connectivity index (χ1n) is 8.43. The van der Waals surface area contributed by atoms with E-state index >= 15 is 0 Å². The zero-order valence-electron chi connectivity index (χ0n) is 14.3. The Morgan fingerprint density at radius 3 is 2.62 bits per heavy atom. The van der Waals surface area contributed by atoms with Gasteiger partial charge in [-0.15, -0.1) is 0 Å². The van der Waals surface area contributed by atoms with Crippen molar-refractivity contribution >= 4 is 11.8 Å². The van der Waals surface area contributed by atoms with Crippen molar-refractivity contribution in [1.82, 2.24) is 9.80 Å². The molecule has 1 aromatic carbocycles. The maximum Gasteiger partial charge on any atom is 0.228 e. The van der Waals surface area contributed by atoms with E-state index in [1.54, 1.807) is 19.1 Å². The summed E-state index contributed by atoms with van der Waals surface area (Å²) in [7, 11) is 3.39. The summed E-state index contributed by atoms with van der Waals surface area (Å²) in [6, 6.07) is 7.39. The summed E-state index contributed by atoms with van der Waals surface area (Å²) in [5.41, 5.74) is 6.70. The minimum Gasteiger partial charge on any atom is -0.497 e. The van der Waals surface area contributed by atoms with Gasteiger partial charge in [-0.25, -0.2) is 0 Å². The number of ether oxygens (including phenoxy) is 1. The predicted octanol–water partition coefficient (Wildman–Crippen LogP) is 1.02. The number of hydrogen-bond donors (Lipinski definition) is 1. The van der Waals surface area contributed by atoms with Crippen molar-refractivity contribution in [2.45, 2.75) is 18.9 Å².